The summed E-state index contributed by atoms with van der Waals surface area (Å²) in [7, 11) is 0. The smallest absolute Gasteiger partial charge is 0.0739 e. The minimum absolute atomic E-state index is 1.09. The van der Waals surface area contributed by atoms with E-state index in [-0.39, 0.29) is 0 Å². The Hall–Kier alpha value is -1.89. The fourth-order valence-corrected chi connectivity index (χ4v) is 3.77. The summed E-state index contributed by atoms with van der Waals surface area (Å²) in [6.45, 7) is 6.75. The van der Waals surface area contributed by atoms with Crippen molar-refractivity contribution in [3.63, 3.8) is 0 Å². The summed E-state index contributed by atoms with van der Waals surface area (Å²) in [6.07, 6.45) is 8.90. The van der Waals surface area contributed by atoms with Gasteiger partial charge in [-0.2, -0.15) is 0 Å². The number of benzene rings is 1. The molecule has 3 rings (SSSR count). The van der Waals surface area contributed by atoms with Crippen molar-refractivity contribution in [2.75, 3.05) is 0 Å². The lowest BCUT2D eigenvalue weighted by Crippen LogP contribution is -2.00. The Morgan fingerprint density at radius 1 is 1.00 bits per heavy atom. The number of fused-ring (bicyclic) bond motifs is 2. The van der Waals surface area contributed by atoms with Crippen molar-refractivity contribution in [1.29, 1.82) is 0 Å². The van der Waals surface area contributed by atoms with Crippen LogP contribution in [0.25, 0.3) is 5.57 Å². The summed E-state index contributed by atoms with van der Waals surface area (Å²) in [5.41, 5.74) is 9.91. The molecule has 0 saturated carbocycles. The molecule has 1 aromatic carbocycles. The molecule has 1 aliphatic rings. The molecule has 0 spiro atoms. The number of rotatable bonds is 4. The first-order valence-electron chi connectivity index (χ1n) is 9.00. The molecule has 0 aliphatic heterocycles. The molecule has 0 saturated heterocycles. The topological polar surface area (TPSA) is 12.9 Å². The van der Waals surface area contributed by atoms with Gasteiger partial charge in [-0.1, -0.05) is 62.1 Å². The number of allylic oxidation sites excluding steroid dienone is 1. The van der Waals surface area contributed by atoms with E-state index in [1.165, 1.54) is 59.2 Å². The van der Waals surface area contributed by atoms with Crippen LogP contribution in [0.15, 0.2) is 42.1 Å². The molecule has 0 fully saturated rings. The number of hydrogen-bond acceptors (Lipinski definition) is 1. The van der Waals surface area contributed by atoms with Crippen LogP contribution in [0.2, 0.25) is 0 Å². The standard InChI is InChI=1S/C22H27N/c1-4-7-17(8-5-2)21-20-13-10-16(3)15-19(20)12-11-18-9-6-14-23-22(18)21/h6,9-10,13-15H,4-5,7-8,11-12H2,1-3H3. The predicted molar refractivity (Wildman–Crippen MR) is 98.7 cm³/mol. The van der Waals surface area contributed by atoms with E-state index < -0.39 is 0 Å². The molecular weight excluding hydrogens is 278 g/mol. The first-order valence-corrected chi connectivity index (χ1v) is 9.00. The SMILES string of the molecule is CCCC(CCC)=C1c2ccc(C)cc2CCc2cccnc21. The van der Waals surface area contributed by atoms with Crippen molar-refractivity contribution in [1.82, 2.24) is 4.98 Å². The zero-order valence-electron chi connectivity index (χ0n) is 14.7. The molecule has 2 aromatic rings. The van der Waals surface area contributed by atoms with E-state index >= 15 is 0 Å². The van der Waals surface area contributed by atoms with Gasteiger partial charge in [-0.15, -0.1) is 0 Å². The Kier molecular flexibility index (Phi) is 4.95. The third kappa shape index (κ3) is 3.24. The van der Waals surface area contributed by atoms with Crippen molar-refractivity contribution in [3.05, 3.63) is 70.0 Å². The van der Waals surface area contributed by atoms with Gasteiger partial charge in [0.15, 0.2) is 0 Å². The van der Waals surface area contributed by atoms with Gasteiger partial charge in [0.25, 0.3) is 0 Å². The highest BCUT2D eigenvalue weighted by Crippen LogP contribution is 2.37. The Morgan fingerprint density at radius 3 is 2.48 bits per heavy atom. The molecule has 23 heavy (non-hydrogen) atoms. The Bertz CT molecular complexity index is 717. The minimum atomic E-state index is 1.09. The van der Waals surface area contributed by atoms with Crippen molar-refractivity contribution in [2.24, 2.45) is 0 Å². The summed E-state index contributed by atoms with van der Waals surface area (Å²) in [4.78, 5) is 4.81. The van der Waals surface area contributed by atoms with E-state index in [4.69, 9.17) is 4.98 Å². The fourth-order valence-electron chi connectivity index (χ4n) is 3.77. The van der Waals surface area contributed by atoms with Crippen LogP contribution < -0.4 is 0 Å². The van der Waals surface area contributed by atoms with Gasteiger partial charge < -0.3 is 0 Å². The molecule has 0 amide bonds. The maximum atomic E-state index is 4.81. The van der Waals surface area contributed by atoms with Gasteiger partial charge in [-0.05, 0) is 55.4 Å². The van der Waals surface area contributed by atoms with E-state index in [9.17, 15) is 0 Å². The number of nitrogens with zero attached hydrogens (tertiary/aromatic N) is 1. The summed E-state index contributed by atoms with van der Waals surface area (Å²) in [5, 5.41) is 0. The van der Waals surface area contributed by atoms with Gasteiger partial charge in [0.1, 0.15) is 0 Å². The molecule has 0 bridgehead atoms. The molecule has 0 atom stereocenters. The van der Waals surface area contributed by atoms with Crippen LogP contribution in [0.1, 0.15) is 67.5 Å². The van der Waals surface area contributed by atoms with Gasteiger partial charge in [0.2, 0.25) is 0 Å². The van der Waals surface area contributed by atoms with Gasteiger partial charge in [-0.25, -0.2) is 0 Å². The van der Waals surface area contributed by atoms with Crippen LogP contribution in [-0.2, 0) is 12.8 Å². The van der Waals surface area contributed by atoms with Crippen molar-refractivity contribution in [2.45, 2.75) is 59.3 Å². The number of aromatic nitrogens is 1. The quantitative estimate of drug-likeness (QED) is 0.686. The van der Waals surface area contributed by atoms with Gasteiger partial charge in [0.05, 0.1) is 5.69 Å². The summed E-state index contributed by atoms with van der Waals surface area (Å²) >= 11 is 0. The van der Waals surface area contributed by atoms with Crippen LogP contribution in [-0.4, -0.2) is 4.98 Å². The molecule has 120 valence electrons. The van der Waals surface area contributed by atoms with E-state index in [1.807, 2.05) is 6.20 Å². The summed E-state index contributed by atoms with van der Waals surface area (Å²) < 4.78 is 0. The molecule has 0 N–H and O–H groups in total. The molecule has 0 unspecified atom stereocenters. The van der Waals surface area contributed by atoms with E-state index in [0.717, 1.165) is 12.8 Å². The summed E-state index contributed by atoms with van der Waals surface area (Å²) in [6, 6.07) is 11.3. The van der Waals surface area contributed by atoms with Crippen molar-refractivity contribution < 1.29 is 0 Å². The van der Waals surface area contributed by atoms with Gasteiger partial charge in [0, 0.05) is 11.8 Å². The molecular formula is C22H27N. The molecule has 0 radical (unpaired) electrons. The highest BCUT2D eigenvalue weighted by Gasteiger charge is 2.21. The molecule has 1 aliphatic carbocycles. The van der Waals surface area contributed by atoms with Gasteiger partial charge >= 0.3 is 0 Å². The second-order valence-corrected chi connectivity index (χ2v) is 6.65. The lowest BCUT2D eigenvalue weighted by atomic mass is 9.88. The van der Waals surface area contributed by atoms with Crippen LogP contribution in [0, 0.1) is 6.92 Å². The first-order chi connectivity index (χ1) is 11.2. The Labute approximate surface area is 140 Å². The average Bonchev–Trinajstić information content (AvgIpc) is 2.71. The summed E-state index contributed by atoms with van der Waals surface area (Å²) in [5.74, 6) is 0. The number of hydrogen-bond donors (Lipinski definition) is 0. The third-order valence-electron chi connectivity index (χ3n) is 4.78. The van der Waals surface area contributed by atoms with Crippen LogP contribution in [0.5, 0.6) is 0 Å². The largest absolute Gasteiger partial charge is 0.256 e. The normalized spacial score (nSPS) is 13.3. The lowest BCUT2D eigenvalue weighted by Gasteiger charge is -2.17. The Morgan fingerprint density at radius 2 is 1.74 bits per heavy atom. The molecule has 1 heterocycles. The third-order valence-corrected chi connectivity index (χ3v) is 4.78. The van der Waals surface area contributed by atoms with Crippen LogP contribution in [0.3, 0.4) is 0 Å². The first kappa shape index (κ1) is 16.0. The lowest BCUT2D eigenvalue weighted by molar-refractivity contribution is 0.805. The van der Waals surface area contributed by atoms with Crippen molar-refractivity contribution >= 4 is 5.57 Å². The van der Waals surface area contributed by atoms with Crippen molar-refractivity contribution in [3.8, 4) is 0 Å². The maximum Gasteiger partial charge on any atom is 0.0739 e. The molecule has 1 aromatic heterocycles. The second kappa shape index (κ2) is 7.12. The molecule has 1 nitrogen and oxygen atoms in total. The second-order valence-electron chi connectivity index (χ2n) is 6.65. The van der Waals surface area contributed by atoms with E-state index in [2.05, 4.69) is 51.1 Å². The van der Waals surface area contributed by atoms with E-state index in [1.54, 1.807) is 5.57 Å². The average molecular weight is 305 g/mol. The number of aryl methyl sites for hydroxylation is 3. The minimum Gasteiger partial charge on any atom is -0.256 e. The highest BCUT2D eigenvalue weighted by atomic mass is 14.7. The highest BCUT2D eigenvalue weighted by molar-refractivity contribution is 5.84. The maximum absolute atomic E-state index is 4.81. The monoisotopic (exact) mass is 305 g/mol. The van der Waals surface area contributed by atoms with Gasteiger partial charge in [-0.3, -0.25) is 4.98 Å². The van der Waals surface area contributed by atoms with Crippen LogP contribution in [0.4, 0.5) is 0 Å². The fraction of sp³-hybridized carbons (Fsp3) is 0.409. The Balaban J connectivity index is 2.28. The van der Waals surface area contributed by atoms with E-state index in [0.29, 0.717) is 0 Å². The zero-order valence-corrected chi connectivity index (χ0v) is 14.7. The molecule has 1 heteroatoms. The number of pyridine rings is 1. The predicted octanol–water partition coefficient (Wildman–Crippen LogP) is 5.89. The zero-order chi connectivity index (χ0) is 16.2. The van der Waals surface area contributed by atoms with Crippen LogP contribution >= 0.6 is 0 Å².